The van der Waals surface area contributed by atoms with E-state index in [1.165, 1.54) is 0 Å². The van der Waals surface area contributed by atoms with Gasteiger partial charge in [0.2, 0.25) is 0 Å². The molecule has 0 N–H and O–H groups in total. The molecule has 0 saturated carbocycles. The second-order valence-corrected chi connectivity index (χ2v) is 0.652. The van der Waals surface area contributed by atoms with Crippen LogP contribution in [0.3, 0.4) is 0 Å². The minimum absolute atomic E-state index is 0. The monoisotopic (exact) mass is 130 g/mol. The Bertz CT molecular complexity index is 102. The molecule has 0 aromatic rings. The normalized spacial score (nSPS) is 6.62. The number of hydrogen-bond donors (Lipinski definition) is 0. The van der Waals surface area contributed by atoms with E-state index in [2.05, 4.69) is 4.94 Å². The topological polar surface area (TPSA) is 66.4 Å². The molecule has 0 rings (SSSR count). The van der Waals surface area contributed by atoms with Crippen LogP contribution < -0.4 is 34.7 Å². The van der Waals surface area contributed by atoms with Crippen LogP contribution in [0.15, 0.2) is 0 Å². The number of carbonyl (C=O) groups is 2. The van der Waals surface area contributed by atoms with Gasteiger partial charge in [-0.25, -0.2) is 9.74 Å². The molecule has 4 nitrogen and oxygen atoms in total. The summed E-state index contributed by atoms with van der Waals surface area (Å²) in [7, 11) is 0. The maximum absolute atomic E-state index is 10.4. The number of halogens is 1. The van der Waals surface area contributed by atoms with Crippen LogP contribution in [0.5, 0.6) is 0 Å². The van der Waals surface area contributed by atoms with E-state index in [4.69, 9.17) is 9.90 Å². The van der Waals surface area contributed by atoms with E-state index in [-0.39, 0.29) is 29.6 Å². The van der Waals surface area contributed by atoms with E-state index in [1.807, 2.05) is 0 Å². The zero-order chi connectivity index (χ0) is 5.86. The van der Waals surface area contributed by atoms with Gasteiger partial charge in [0, 0.05) is 4.53 Å². The fraction of sp³-hybridized carbons (Fsp3) is 0. The molecule has 0 aromatic carbocycles. The van der Waals surface area contributed by atoms with Gasteiger partial charge < -0.3 is 9.90 Å². The Morgan fingerprint density at radius 1 is 1.50 bits per heavy atom. The van der Waals surface area contributed by atoms with Gasteiger partial charge in [0.05, 0.1) is 0 Å². The van der Waals surface area contributed by atoms with Crippen molar-refractivity contribution < 1.29 is 53.7 Å². The molecule has 0 radical (unpaired) electrons. The van der Waals surface area contributed by atoms with Crippen molar-refractivity contribution in [2.75, 3.05) is 0 Å². The summed E-state index contributed by atoms with van der Waals surface area (Å²) < 4.78 is 10.4. The molecule has 8 heavy (non-hydrogen) atoms. The third-order valence-electron chi connectivity index (χ3n) is 0.237. The van der Waals surface area contributed by atoms with Gasteiger partial charge in [-0.3, -0.25) is 0 Å². The summed E-state index contributed by atoms with van der Waals surface area (Å²) in [6, 6.07) is 0. The minimum Gasteiger partial charge on any atom is -0.539 e. The van der Waals surface area contributed by atoms with E-state index in [0.29, 0.717) is 0 Å². The second-order valence-electron chi connectivity index (χ2n) is 0.652. The van der Waals surface area contributed by atoms with Crippen LogP contribution in [-0.2, 0) is 14.5 Å². The molecule has 0 aromatic heterocycles. The van der Waals surface area contributed by atoms with Gasteiger partial charge in [-0.05, 0) is 0 Å². The summed E-state index contributed by atoms with van der Waals surface area (Å²) in [4.78, 5) is 20.6. The van der Waals surface area contributed by atoms with E-state index >= 15 is 0 Å². The van der Waals surface area contributed by atoms with Gasteiger partial charge in [-0.1, -0.05) is 0 Å². The van der Waals surface area contributed by atoms with Crippen LogP contribution in [0.25, 0.3) is 0 Å². The molecular weight excluding hydrogens is 130 g/mol. The van der Waals surface area contributed by atoms with Gasteiger partial charge in [0.1, 0.15) is 0 Å². The van der Waals surface area contributed by atoms with E-state index < -0.39 is 11.9 Å². The number of carbonyl (C=O) groups excluding carboxylic acids is 2. The summed E-state index contributed by atoms with van der Waals surface area (Å²) in [6.07, 6.45) is 0. The largest absolute Gasteiger partial charge is 1.00 e. The first-order valence-corrected chi connectivity index (χ1v) is 1.22. The Morgan fingerprint density at radius 2 is 1.88 bits per heavy atom. The van der Waals surface area contributed by atoms with Crippen LogP contribution in [-0.4, -0.2) is 11.9 Å². The van der Waals surface area contributed by atoms with Gasteiger partial charge in [0.25, 0.3) is 0 Å². The van der Waals surface area contributed by atoms with Crippen molar-refractivity contribution >= 4 is 11.9 Å². The zero-order valence-electron chi connectivity index (χ0n) is 4.01. The van der Waals surface area contributed by atoms with Crippen LogP contribution in [0.1, 0.15) is 0 Å². The van der Waals surface area contributed by atoms with Crippen molar-refractivity contribution in [3.8, 4) is 0 Å². The molecule has 0 aliphatic heterocycles. The molecule has 40 valence electrons. The second kappa shape index (κ2) is 5.02. The average Bonchev–Trinajstić information content (AvgIpc) is 1.65. The molecule has 0 saturated heterocycles. The minimum atomic E-state index is -2.19. The van der Waals surface area contributed by atoms with Gasteiger partial charge >= 0.3 is 35.5 Å². The first kappa shape index (κ1) is 10.8. The Balaban J connectivity index is 0. The van der Waals surface area contributed by atoms with Crippen molar-refractivity contribution in [1.29, 1.82) is 0 Å². The fourth-order valence-corrected chi connectivity index (χ4v) is 0.0315. The van der Waals surface area contributed by atoms with Crippen molar-refractivity contribution in [2.45, 2.75) is 0 Å². The number of carboxylic acids is 1. The maximum atomic E-state index is 10.4. The molecule has 0 amide bonds. The van der Waals surface area contributed by atoms with Crippen molar-refractivity contribution in [2.24, 2.45) is 0 Å². The zero-order valence-corrected chi connectivity index (χ0v) is 6.01. The SMILES string of the molecule is O=C([O-])C(=O)OF.[Na+]. The van der Waals surface area contributed by atoms with Crippen LogP contribution >= 0.6 is 0 Å². The van der Waals surface area contributed by atoms with Crippen molar-refractivity contribution in [3.05, 3.63) is 0 Å². The molecular formula is C2FNaO4. The first-order valence-electron chi connectivity index (χ1n) is 1.22. The summed E-state index contributed by atoms with van der Waals surface area (Å²) in [5.41, 5.74) is 0. The Hall–Kier alpha value is -0.130. The van der Waals surface area contributed by atoms with Crippen molar-refractivity contribution in [1.82, 2.24) is 0 Å². The molecule has 0 aliphatic rings. The molecule has 0 unspecified atom stereocenters. The van der Waals surface area contributed by atoms with Gasteiger partial charge in [-0.15, -0.1) is 0 Å². The smallest absolute Gasteiger partial charge is 0.539 e. The third-order valence-corrected chi connectivity index (χ3v) is 0.237. The van der Waals surface area contributed by atoms with Gasteiger partial charge in [-0.2, -0.15) is 0 Å². The molecule has 0 fully saturated rings. The average molecular weight is 130 g/mol. The fourth-order valence-electron chi connectivity index (χ4n) is 0.0315. The molecule has 0 aliphatic carbocycles. The third kappa shape index (κ3) is 4.04. The number of carboxylic acid groups (broad SMARTS) is 1. The quantitative estimate of drug-likeness (QED) is 0.243. The van der Waals surface area contributed by atoms with E-state index in [0.717, 1.165) is 0 Å². The Labute approximate surface area is 65.8 Å². The molecule has 0 atom stereocenters. The van der Waals surface area contributed by atoms with Crippen LogP contribution in [0.4, 0.5) is 4.53 Å². The summed E-state index contributed by atoms with van der Waals surface area (Å²) in [6.45, 7) is 0. The maximum Gasteiger partial charge on any atom is 1.00 e. The first-order chi connectivity index (χ1) is 3.18. The van der Waals surface area contributed by atoms with E-state index in [1.54, 1.807) is 0 Å². The van der Waals surface area contributed by atoms with Crippen LogP contribution in [0.2, 0.25) is 0 Å². The predicted molar refractivity (Wildman–Crippen MR) is 12.2 cm³/mol. The predicted octanol–water partition coefficient (Wildman–Crippen LogP) is -4.83. The summed E-state index contributed by atoms with van der Waals surface area (Å²) >= 11 is 0. The molecule has 0 bridgehead atoms. The molecule has 0 heterocycles. The number of aliphatic carboxylic acids is 1. The van der Waals surface area contributed by atoms with Crippen LogP contribution in [0, 0.1) is 0 Å². The van der Waals surface area contributed by atoms with Gasteiger partial charge in [0.15, 0.2) is 5.97 Å². The Kier molecular flexibility index (Phi) is 6.76. The summed E-state index contributed by atoms with van der Waals surface area (Å²) in [5.74, 6) is -4.21. The number of hydrogen-bond acceptors (Lipinski definition) is 4. The molecule has 6 heteroatoms. The Morgan fingerprint density at radius 3 is 1.88 bits per heavy atom. The van der Waals surface area contributed by atoms with E-state index in [9.17, 15) is 9.32 Å². The van der Waals surface area contributed by atoms with Crippen molar-refractivity contribution in [3.63, 3.8) is 0 Å². The number of rotatable bonds is 0. The molecule has 0 spiro atoms. The standard InChI is InChI=1S/C2HFO4.Na/c3-7-2(6)1(4)5;/h(H,4,5);/q;+1/p-1. The summed E-state index contributed by atoms with van der Waals surface area (Å²) in [5, 5.41) is 9.10.